The zero-order chi connectivity index (χ0) is 14.7. The average Bonchev–Trinajstić information content (AvgIpc) is 2.90. The molecular weight excluding hydrogens is 254 g/mol. The lowest BCUT2D eigenvalue weighted by Crippen LogP contribution is -2.42. The van der Waals surface area contributed by atoms with Crippen LogP contribution in [0.25, 0.3) is 0 Å². The SMILES string of the molecule is COC(=O)C(NC(C)c1ccc2c(c1)CCO2)C(C)C. The van der Waals surface area contributed by atoms with E-state index in [9.17, 15) is 4.79 Å². The van der Waals surface area contributed by atoms with Crippen LogP contribution < -0.4 is 10.1 Å². The molecule has 0 fully saturated rings. The van der Waals surface area contributed by atoms with Gasteiger partial charge < -0.3 is 9.47 Å². The average molecular weight is 277 g/mol. The highest BCUT2D eigenvalue weighted by Gasteiger charge is 2.25. The largest absolute Gasteiger partial charge is 0.493 e. The van der Waals surface area contributed by atoms with Gasteiger partial charge >= 0.3 is 5.97 Å². The summed E-state index contributed by atoms with van der Waals surface area (Å²) in [5.74, 6) is 0.952. The summed E-state index contributed by atoms with van der Waals surface area (Å²) < 4.78 is 10.4. The Bertz CT molecular complexity index is 485. The van der Waals surface area contributed by atoms with Crippen LogP contribution in [0.3, 0.4) is 0 Å². The molecule has 1 aromatic rings. The van der Waals surface area contributed by atoms with E-state index in [1.54, 1.807) is 0 Å². The van der Waals surface area contributed by atoms with Crippen LogP contribution >= 0.6 is 0 Å². The van der Waals surface area contributed by atoms with E-state index < -0.39 is 0 Å². The van der Waals surface area contributed by atoms with Crippen molar-refractivity contribution in [1.82, 2.24) is 5.32 Å². The molecule has 0 aliphatic carbocycles. The van der Waals surface area contributed by atoms with Crippen molar-refractivity contribution in [1.29, 1.82) is 0 Å². The van der Waals surface area contributed by atoms with Crippen molar-refractivity contribution in [3.63, 3.8) is 0 Å². The Hall–Kier alpha value is -1.55. The zero-order valence-corrected chi connectivity index (χ0v) is 12.6. The predicted octanol–water partition coefficient (Wildman–Crippen LogP) is 2.47. The third kappa shape index (κ3) is 3.12. The van der Waals surface area contributed by atoms with Crippen molar-refractivity contribution in [3.05, 3.63) is 29.3 Å². The minimum Gasteiger partial charge on any atom is -0.493 e. The molecule has 2 unspecified atom stereocenters. The van der Waals surface area contributed by atoms with E-state index in [2.05, 4.69) is 24.4 Å². The molecule has 0 saturated carbocycles. The number of hydrogen-bond acceptors (Lipinski definition) is 4. The monoisotopic (exact) mass is 277 g/mol. The van der Waals surface area contributed by atoms with Gasteiger partial charge in [0.2, 0.25) is 0 Å². The second-order valence-corrected chi connectivity index (χ2v) is 5.60. The maximum absolute atomic E-state index is 11.8. The summed E-state index contributed by atoms with van der Waals surface area (Å²) in [5.41, 5.74) is 2.42. The van der Waals surface area contributed by atoms with Gasteiger partial charge in [0.05, 0.1) is 13.7 Å². The number of fused-ring (bicyclic) bond motifs is 1. The maximum atomic E-state index is 11.8. The van der Waals surface area contributed by atoms with Gasteiger partial charge in [0.25, 0.3) is 0 Å². The van der Waals surface area contributed by atoms with Gasteiger partial charge in [-0.25, -0.2) is 0 Å². The third-order valence-corrected chi connectivity index (χ3v) is 3.76. The first-order valence-corrected chi connectivity index (χ1v) is 7.12. The second-order valence-electron chi connectivity index (χ2n) is 5.60. The van der Waals surface area contributed by atoms with Crippen LogP contribution in [0, 0.1) is 5.92 Å². The van der Waals surface area contributed by atoms with Crippen molar-refractivity contribution >= 4 is 5.97 Å². The summed E-state index contributed by atoms with van der Waals surface area (Å²) in [6, 6.07) is 6.02. The van der Waals surface area contributed by atoms with Crippen LogP contribution in [0.4, 0.5) is 0 Å². The molecule has 0 radical (unpaired) electrons. The fourth-order valence-electron chi connectivity index (χ4n) is 2.50. The fourth-order valence-corrected chi connectivity index (χ4v) is 2.50. The number of esters is 1. The summed E-state index contributed by atoms with van der Waals surface area (Å²) in [6.45, 7) is 6.85. The normalized spacial score (nSPS) is 16.4. The highest BCUT2D eigenvalue weighted by atomic mass is 16.5. The van der Waals surface area contributed by atoms with Gasteiger partial charge in [-0.1, -0.05) is 26.0 Å². The van der Waals surface area contributed by atoms with E-state index >= 15 is 0 Å². The molecule has 4 nitrogen and oxygen atoms in total. The molecule has 1 aliphatic rings. The third-order valence-electron chi connectivity index (χ3n) is 3.76. The summed E-state index contributed by atoms with van der Waals surface area (Å²) in [4.78, 5) is 11.8. The molecule has 2 atom stereocenters. The minimum absolute atomic E-state index is 0.0902. The highest BCUT2D eigenvalue weighted by Crippen LogP contribution is 2.28. The summed E-state index contributed by atoms with van der Waals surface area (Å²) in [6.07, 6.45) is 0.959. The Balaban J connectivity index is 2.10. The predicted molar refractivity (Wildman–Crippen MR) is 77.8 cm³/mol. The first kappa shape index (κ1) is 14.9. The molecule has 1 aliphatic heterocycles. The van der Waals surface area contributed by atoms with Gasteiger partial charge in [-0.3, -0.25) is 10.1 Å². The lowest BCUT2D eigenvalue weighted by molar-refractivity contribution is -0.144. The molecule has 0 spiro atoms. The van der Waals surface area contributed by atoms with Crippen LogP contribution in [-0.2, 0) is 16.0 Å². The van der Waals surface area contributed by atoms with Crippen molar-refractivity contribution in [3.8, 4) is 5.75 Å². The van der Waals surface area contributed by atoms with Crippen LogP contribution in [0.15, 0.2) is 18.2 Å². The van der Waals surface area contributed by atoms with E-state index in [0.717, 1.165) is 18.8 Å². The Morgan fingerprint density at radius 1 is 1.35 bits per heavy atom. The number of nitrogens with one attached hydrogen (secondary N) is 1. The van der Waals surface area contributed by atoms with Crippen LogP contribution in [-0.4, -0.2) is 25.7 Å². The molecular formula is C16H23NO3. The molecule has 20 heavy (non-hydrogen) atoms. The van der Waals surface area contributed by atoms with Gasteiger partial charge in [-0.15, -0.1) is 0 Å². The second kappa shape index (κ2) is 6.27. The summed E-state index contributed by atoms with van der Waals surface area (Å²) >= 11 is 0. The molecule has 1 heterocycles. The Morgan fingerprint density at radius 2 is 2.10 bits per heavy atom. The minimum atomic E-state index is -0.292. The van der Waals surface area contributed by atoms with Crippen LogP contribution in [0.1, 0.15) is 37.9 Å². The summed E-state index contributed by atoms with van der Waals surface area (Å²) in [5, 5.41) is 3.36. The van der Waals surface area contributed by atoms with E-state index in [0.29, 0.717) is 0 Å². The van der Waals surface area contributed by atoms with Gasteiger partial charge in [0.15, 0.2) is 0 Å². The smallest absolute Gasteiger partial charge is 0.323 e. The van der Waals surface area contributed by atoms with Crippen molar-refractivity contribution in [2.75, 3.05) is 13.7 Å². The van der Waals surface area contributed by atoms with Crippen LogP contribution in [0.5, 0.6) is 5.75 Å². The highest BCUT2D eigenvalue weighted by molar-refractivity contribution is 5.76. The van der Waals surface area contributed by atoms with E-state index in [1.807, 2.05) is 19.9 Å². The number of benzene rings is 1. The molecule has 0 aromatic heterocycles. The standard InChI is InChI=1S/C16H23NO3/c1-10(2)15(16(18)19-4)17-11(3)12-5-6-14-13(9-12)7-8-20-14/h5-6,9-11,15,17H,7-8H2,1-4H3. The molecule has 110 valence electrons. The van der Waals surface area contributed by atoms with Crippen molar-refractivity contribution in [2.24, 2.45) is 5.92 Å². The number of rotatable bonds is 5. The molecule has 0 bridgehead atoms. The van der Waals surface area contributed by atoms with Gasteiger partial charge in [0, 0.05) is 12.5 Å². The van der Waals surface area contributed by atoms with E-state index in [4.69, 9.17) is 9.47 Å². The number of carbonyl (C=O) groups excluding carboxylic acids is 1. The number of hydrogen-bond donors (Lipinski definition) is 1. The quantitative estimate of drug-likeness (QED) is 0.840. The first-order valence-electron chi connectivity index (χ1n) is 7.12. The van der Waals surface area contributed by atoms with Gasteiger partial charge in [-0.05, 0) is 30.0 Å². The molecule has 2 rings (SSSR count). The number of carbonyl (C=O) groups is 1. The zero-order valence-electron chi connectivity index (χ0n) is 12.6. The van der Waals surface area contributed by atoms with E-state index in [1.165, 1.54) is 18.2 Å². The Labute approximate surface area is 120 Å². The Morgan fingerprint density at radius 3 is 2.75 bits per heavy atom. The molecule has 4 heteroatoms. The molecule has 0 amide bonds. The maximum Gasteiger partial charge on any atom is 0.323 e. The lowest BCUT2D eigenvalue weighted by Gasteiger charge is -2.24. The van der Waals surface area contributed by atoms with Crippen molar-refractivity contribution < 1.29 is 14.3 Å². The number of ether oxygens (including phenoxy) is 2. The fraction of sp³-hybridized carbons (Fsp3) is 0.562. The lowest BCUT2D eigenvalue weighted by atomic mass is 9.99. The van der Waals surface area contributed by atoms with E-state index in [-0.39, 0.29) is 24.0 Å². The number of methoxy groups -OCH3 is 1. The topological polar surface area (TPSA) is 47.6 Å². The van der Waals surface area contributed by atoms with Crippen LogP contribution in [0.2, 0.25) is 0 Å². The Kier molecular flexibility index (Phi) is 4.65. The van der Waals surface area contributed by atoms with Gasteiger partial charge in [-0.2, -0.15) is 0 Å². The first-order chi connectivity index (χ1) is 9.52. The molecule has 0 saturated heterocycles. The molecule has 1 aromatic carbocycles. The summed E-state index contributed by atoms with van der Waals surface area (Å²) in [7, 11) is 1.43. The molecule has 1 N–H and O–H groups in total. The van der Waals surface area contributed by atoms with Gasteiger partial charge in [0.1, 0.15) is 11.8 Å². The van der Waals surface area contributed by atoms with Crippen molar-refractivity contribution in [2.45, 2.75) is 39.3 Å².